The minimum Gasteiger partial charge on any atom is -0.480 e. The summed E-state index contributed by atoms with van der Waals surface area (Å²) >= 11 is 7.32. The summed E-state index contributed by atoms with van der Waals surface area (Å²) in [6, 6.07) is 15.5. The Morgan fingerprint density at radius 1 is 1.11 bits per heavy atom. The molecule has 2 N–H and O–H groups in total. The lowest BCUT2D eigenvalue weighted by Gasteiger charge is -2.14. The second kappa shape index (κ2) is 8.79. The van der Waals surface area contributed by atoms with Crippen molar-refractivity contribution in [3.05, 3.63) is 76.3 Å². The van der Waals surface area contributed by atoms with Crippen molar-refractivity contribution in [2.75, 3.05) is 0 Å². The van der Waals surface area contributed by atoms with Crippen LogP contribution in [0.5, 0.6) is 0 Å². The van der Waals surface area contributed by atoms with Gasteiger partial charge in [0.2, 0.25) is 5.91 Å². The number of carbonyl (C=O) groups excluding carboxylic acids is 1. The van der Waals surface area contributed by atoms with Crippen molar-refractivity contribution in [3.63, 3.8) is 0 Å². The summed E-state index contributed by atoms with van der Waals surface area (Å²) in [4.78, 5) is 28.2. The molecule has 0 radical (unpaired) electrons. The Hall–Kier alpha value is -2.70. The molecular formula is C20H17ClN2O3S. The van der Waals surface area contributed by atoms with Crippen LogP contribution in [0.2, 0.25) is 5.02 Å². The van der Waals surface area contributed by atoms with Gasteiger partial charge >= 0.3 is 5.97 Å². The van der Waals surface area contributed by atoms with Crippen LogP contribution in [0.3, 0.4) is 0 Å². The monoisotopic (exact) mass is 400 g/mol. The molecule has 5 nitrogen and oxygen atoms in total. The predicted molar refractivity (Wildman–Crippen MR) is 106 cm³/mol. The highest BCUT2D eigenvalue weighted by atomic mass is 35.5. The van der Waals surface area contributed by atoms with Crippen LogP contribution in [-0.2, 0) is 22.4 Å². The van der Waals surface area contributed by atoms with Gasteiger partial charge in [-0.15, -0.1) is 11.3 Å². The van der Waals surface area contributed by atoms with Crippen molar-refractivity contribution in [1.29, 1.82) is 0 Å². The molecule has 1 aromatic heterocycles. The number of hydrogen-bond acceptors (Lipinski definition) is 4. The molecule has 0 bridgehead atoms. The van der Waals surface area contributed by atoms with Gasteiger partial charge in [-0.2, -0.15) is 0 Å². The molecule has 27 heavy (non-hydrogen) atoms. The Balaban J connectivity index is 1.62. The normalized spacial score (nSPS) is 11.7. The van der Waals surface area contributed by atoms with E-state index in [9.17, 15) is 14.7 Å². The molecule has 3 rings (SSSR count). The Morgan fingerprint density at radius 2 is 1.81 bits per heavy atom. The third-order valence-corrected chi connectivity index (χ3v) is 5.09. The summed E-state index contributed by atoms with van der Waals surface area (Å²) in [5.74, 6) is -1.43. The van der Waals surface area contributed by atoms with Gasteiger partial charge in [-0.25, -0.2) is 9.78 Å². The number of carbonyl (C=O) groups is 2. The quantitative estimate of drug-likeness (QED) is 0.632. The zero-order valence-corrected chi connectivity index (χ0v) is 15.8. The number of benzene rings is 2. The number of aliphatic carboxylic acids is 1. The van der Waals surface area contributed by atoms with E-state index < -0.39 is 12.0 Å². The number of halogens is 1. The van der Waals surface area contributed by atoms with Crippen molar-refractivity contribution < 1.29 is 14.7 Å². The minimum absolute atomic E-state index is 0.0304. The van der Waals surface area contributed by atoms with E-state index >= 15 is 0 Å². The zero-order chi connectivity index (χ0) is 19.2. The number of thiazole rings is 1. The van der Waals surface area contributed by atoms with Crippen LogP contribution in [0.25, 0.3) is 10.6 Å². The molecule has 0 aliphatic rings. The molecule has 0 aliphatic heterocycles. The van der Waals surface area contributed by atoms with Gasteiger partial charge in [-0.1, -0.05) is 54.1 Å². The molecule has 0 spiro atoms. The van der Waals surface area contributed by atoms with Crippen LogP contribution < -0.4 is 5.32 Å². The minimum atomic E-state index is -1.06. The van der Waals surface area contributed by atoms with E-state index in [2.05, 4.69) is 10.3 Å². The number of hydrogen-bond donors (Lipinski definition) is 2. The van der Waals surface area contributed by atoms with Gasteiger partial charge in [0, 0.05) is 22.4 Å². The number of carboxylic acids is 1. The highest BCUT2D eigenvalue weighted by Crippen LogP contribution is 2.25. The molecule has 7 heteroatoms. The number of aromatic nitrogens is 1. The number of rotatable bonds is 7. The number of carboxylic acid groups (broad SMARTS) is 1. The summed E-state index contributed by atoms with van der Waals surface area (Å²) < 4.78 is 0. The molecule has 138 valence electrons. The molecule has 1 amide bonds. The highest BCUT2D eigenvalue weighted by Gasteiger charge is 2.21. The molecule has 2 aromatic carbocycles. The summed E-state index contributed by atoms with van der Waals surface area (Å²) in [5.41, 5.74) is 2.37. The van der Waals surface area contributed by atoms with Crippen molar-refractivity contribution in [3.8, 4) is 10.6 Å². The van der Waals surface area contributed by atoms with Gasteiger partial charge in [0.25, 0.3) is 0 Å². The summed E-state index contributed by atoms with van der Waals surface area (Å²) in [7, 11) is 0. The lowest BCUT2D eigenvalue weighted by Crippen LogP contribution is -2.43. The largest absolute Gasteiger partial charge is 0.480 e. The number of nitrogens with one attached hydrogen (secondary N) is 1. The number of amides is 1. The Bertz CT molecular complexity index is 926. The van der Waals surface area contributed by atoms with E-state index in [0.717, 1.165) is 16.1 Å². The predicted octanol–water partition coefficient (Wildman–Crippen LogP) is 3.82. The van der Waals surface area contributed by atoms with Crippen molar-refractivity contribution in [2.45, 2.75) is 18.9 Å². The van der Waals surface area contributed by atoms with Crippen LogP contribution in [0.4, 0.5) is 0 Å². The van der Waals surface area contributed by atoms with Gasteiger partial charge in [-0.3, -0.25) is 4.79 Å². The summed E-state index contributed by atoms with van der Waals surface area (Å²) in [5, 5.41) is 15.2. The third-order valence-electron chi connectivity index (χ3n) is 3.90. The van der Waals surface area contributed by atoms with E-state index in [1.54, 1.807) is 17.5 Å². The second-order valence-electron chi connectivity index (χ2n) is 5.98. The Kier molecular flexibility index (Phi) is 6.21. The van der Waals surface area contributed by atoms with Crippen LogP contribution in [-0.4, -0.2) is 28.0 Å². The molecule has 0 aliphatic carbocycles. The van der Waals surface area contributed by atoms with Crippen LogP contribution in [0.15, 0.2) is 60.0 Å². The maximum absolute atomic E-state index is 12.3. The molecular weight excluding hydrogens is 384 g/mol. The fourth-order valence-corrected chi connectivity index (χ4v) is 3.52. The smallest absolute Gasteiger partial charge is 0.326 e. The van der Waals surface area contributed by atoms with Gasteiger partial charge in [0.05, 0.1) is 12.1 Å². The highest BCUT2D eigenvalue weighted by molar-refractivity contribution is 7.13. The van der Waals surface area contributed by atoms with Crippen molar-refractivity contribution >= 4 is 34.8 Å². The third kappa shape index (κ3) is 5.39. The molecule has 0 saturated heterocycles. The number of nitrogens with zero attached hydrogens (tertiary/aromatic N) is 1. The first-order chi connectivity index (χ1) is 13.0. The van der Waals surface area contributed by atoms with Crippen molar-refractivity contribution in [1.82, 2.24) is 10.3 Å². The topological polar surface area (TPSA) is 79.3 Å². The van der Waals surface area contributed by atoms with E-state index in [1.165, 1.54) is 11.3 Å². The fourth-order valence-electron chi connectivity index (χ4n) is 2.57. The first-order valence-corrected chi connectivity index (χ1v) is 9.53. The average molecular weight is 401 g/mol. The first kappa shape index (κ1) is 19.1. The lowest BCUT2D eigenvalue weighted by atomic mass is 10.1. The van der Waals surface area contributed by atoms with E-state index in [-0.39, 0.29) is 18.7 Å². The molecule has 0 fully saturated rings. The SMILES string of the molecule is O=C(Cc1csc(-c2ccc(Cl)cc2)n1)N[C@@H](Cc1ccccc1)C(=O)O. The van der Waals surface area contributed by atoms with E-state index in [4.69, 9.17) is 11.6 Å². The first-order valence-electron chi connectivity index (χ1n) is 8.27. The molecule has 0 unspecified atom stereocenters. The van der Waals surface area contributed by atoms with Crippen LogP contribution in [0.1, 0.15) is 11.3 Å². The molecule has 1 atom stereocenters. The maximum Gasteiger partial charge on any atom is 0.326 e. The Morgan fingerprint density at radius 3 is 2.48 bits per heavy atom. The van der Waals surface area contributed by atoms with E-state index in [1.807, 2.05) is 42.5 Å². The van der Waals surface area contributed by atoms with Gasteiger partial charge in [0.15, 0.2) is 0 Å². The lowest BCUT2D eigenvalue weighted by molar-refractivity contribution is -0.141. The summed E-state index contributed by atoms with van der Waals surface area (Å²) in [6.07, 6.45) is 0.262. The maximum atomic E-state index is 12.3. The van der Waals surface area contributed by atoms with Gasteiger partial charge in [-0.05, 0) is 17.7 Å². The van der Waals surface area contributed by atoms with Crippen molar-refractivity contribution in [2.24, 2.45) is 0 Å². The molecule has 1 heterocycles. The second-order valence-corrected chi connectivity index (χ2v) is 7.27. The fraction of sp³-hybridized carbons (Fsp3) is 0.150. The molecule has 3 aromatic rings. The molecule has 0 saturated carbocycles. The van der Waals surface area contributed by atoms with Gasteiger partial charge < -0.3 is 10.4 Å². The van der Waals surface area contributed by atoms with Gasteiger partial charge in [0.1, 0.15) is 11.0 Å². The van der Waals surface area contributed by atoms with E-state index in [0.29, 0.717) is 10.7 Å². The standard InChI is InChI=1S/C20H17ClN2O3S/c21-15-8-6-14(7-9-15)19-22-16(12-27-19)11-18(24)23-17(20(25)26)10-13-4-2-1-3-5-13/h1-9,12,17H,10-11H2,(H,23,24)(H,25,26)/t17-/m0/s1. The van der Waals surface area contributed by atoms with Crippen LogP contribution >= 0.6 is 22.9 Å². The average Bonchev–Trinajstić information content (AvgIpc) is 3.11. The summed E-state index contributed by atoms with van der Waals surface area (Å²) in [6.45, 7) is 0. The Labute approximate surface area is 165 Å². The zero-order valence-electron chi connectivity index (χ0n) is 14.3. The van der Waals surface area contributed by atoms with Crippen LogP contribution in [0, 0.1) is 0 Å².